The molecule has 2 aromatic rings. The number of fused-ring (bicyclic) bond motifs is 2. The molecule has 5 unspecified atom stereocenters. The maximum atomic E-state index is 10.9. The minimum atomic E-state index is -0.727. The molecule has 2 fully saturated rings. The minimum absolute atomic E-state index is 0.213. The third-order valence-corrected chi connectivity index (χ3v) is 5.06. The number of hydrogen-bond acceptors (Lipinski definition) is 5. The number of nitrogens with zero attached hydrogens (tertiary/aromatic N) is 2. The molecule has 2 aliphatic heterocycles. The highest BCUT2D eigenvalue weighted by molar-refractivity contribution is 6.31. The Morgan fingerprint density at radius 1 is 1.33 bits per heavy atom. The van der Waals surface area contributed by atoms with Gasteiger partial charge >= 0.3 is 0 Å². The van der Waals surface area contributed by atoms with Gasteiger partial charge in [0.05, 0.1) is 30.0 Å². The molecule has 0 spiro atoms. The van der Waals surface area contributed by atoms with Gasteiger partial charge in [-0.1, -0.05) is 41.4 Å². The number of benzene rings is 1. The lowest BCUT2D eigenvalue weighted by Gasteiger charge is -2.38. The number of ether oxygens (including phenoxy) is 2. The van der Waals surface area contributed by atoms with Gasteiger partial charge in [0.1, 0.15) is 12.1 Å². The summed E-state index contributed by atoms with van der Waals surface area (Å²) in [6.07, 6.45) is 1.72. The first-order valence-corrected chi connectivity index (χ1v) is 8.50. The van der Waals surface area contributed by atoms with Gasteiger partial charge in [-0.05, 0) is 11.6 Å². The number of rotatable bonds is 4. The zero-order valence-electron chi connectivity index (χ0n) is 12.7. The van der Waals surface area contributed by atoms with Crippen LogP contribution in [0.25, 0.3) is 0 Å². The lowest BCUT2D eigenvalue weighted by atomic mass is 9.96. The second kappa shape index (κ2) is 6.63. The number of aromatic nitrogens is 2. The maximum absolute atomic E-state index is 10.9. The van der Waals surface area contributed by atoms with Crippen molar-refractivity contribution in [3.05, 3.63) is 52.3 Å². The van der Waals surface area contributed by atoms with E-state index in [9.17, 15) is 5.11 Å². The van der Waals surface area contributed by atoms with Gasteiger partial charge in [0.15, 0.2) is 6.29 Å². The number of hydrogen-bond donors (Lipinski definition) is 2. The van der Waals surface area contributed by atoms with E-state index in [1.165, 1.54) is 6.20 Å². The number of nitrogens with one attached hydrogen (secondary N) is 1. The van der Waals surface area contributed by atoms with E-state index in [0.717, 1.165) is 5.56 Å². The summed E-state index contributed by atoms with van der Waals surface area (Å²) < 4.78 is 13.2. The van der Waals surface area contributed by atoms with Gasteiger partial charge in [0.2, 0.25) is 0 Å². The van der Waals surface area contributed by atoms with Gasteiger partial charge in [0.25, 0.3) is 0 Å². The fourth-order valence-electron chi connectivity index (χ4n) is 3.28. The van der Waals surface area contributed by atoms with Gasteiger partial charge in [-0.3, -0.25) is 4.68 Å². The van der Waals surface area contributed by atoms with Crippen LogP contribution in [0.3, 0.4) is 0 Å². The van der Waals surface area contributed by atoms with Crippen molar-refractivity contribution in [3.8, 4) is 0 Å². The summed E-state index contributed by atoms with van der Waals surface area (Å²) >= 11 is 12.1. The first-order valence-electron chi connectivity index (χ1n) is 7.75. The Morgan fingerprint density at radius 2 is 2.17 bits per heavy atom. The summed E-state index contributed by atoms with van der Waals surface area (Å²) in [6, 6.07) is 6.85. The van der Waals surface area contributed by atoms with Gasteiger partial charge < -0.3 is 19.9 Å². The van der Waals surface area contributed by atoms with Crippen LogP contribution in [0.2, 0.25) is 10.0 Å². The molecule has 2 aliphatic rings. The highest BCUT2D eigenvalue weighted by Crippen LogP contribution is 2.36. The molecule has 0 aliphatic carbocycles. The summed E-state index contributed by atoms with van der Waals surface area (Å²) in [7, 11) is 0. The van der Waals surface area contributed by atoms with Crippen molar-refractivity contribution >= 4 is 23.2 Å². The van der Waals surface area contributed by atoms with Gasteiger partial charge in [-0.2, -0.15) is 5.10 Å². The molecule has 1 aromatic heterocycles. The van der Waals surface area contributed by atoms with Crippen molar-refractivity contribution in [1.29, 1.82) is 0 Å². The Labute approximate surface area is 149 Å². The molecule has 2 bridgehead atoms. The monoisotopic (exact) mass is 369 g/mol. The van der Waals surface area contributed by atoms with Crippen LogP contribution in [0, 0.1) is 0 Å². The zero-order valence-corrected chi connectivity index (χ0v) is 14.2. The van der Waals surface area contributed by atoms with E-state index in [1.54, 1.807) is 10.9 Å². The van der Waals surface area contributed by atoms with E-state index in [0.29, 0.717) is 23.2 Å². The molecular formula is C16H17Cl2N3O3. The Bertz CT molecular complexity index is 726. The largest absolute Gasteiger partial charge is 0.389 e. The van der Waals surface area contributed by atoms with Crippen molar-refractivity contribution in [1.82, 2.24) is 15.1 Å². The van der Waals surface area contributed by atoms with E-state index in [1.807, 2.05) is 24.3 Å². The molecule has 4 rings (SSSR count). The van der Waals surface area contributed by atoms with E-state index in [2.05, 4.69) is 10.4 Å². The third-order valence-electron chi connectivity index (χ3n) is 4.49. The SMILES string of the molecule is OC1C(NCc2ccccc2Cl)C2COC(O2)C1n1cc(Cl)cn1. The van der Waals surface area contributed by atoms with Crippen LogP contribution in [0.15, 0.2) is 36.7 Å². The van der Waals surface area contributed by atoms with E-state index in [4.69, 9.17) is 32.7 Å². The first-order chi connectivity index (χ1) is 11.6. The van der Waals surface area contributed by atoms with E-state index >= 15 is 0 Å². The summed E-state index contributed by atoms with van der Waals surface area (Å²) in [5.41, 5.74) is 0.964. The fraction of sp³-hybridized carbons (Fsp3) is 0.438. The number of aliphatic hydroxyl groups is 1. The molecule has 0 radical (unpaired) electrons. The quantitative estimate of drug-likeness (QED) is 0.862. The van der Waals surface area contributed by atoms with E-state index in [-0.39, 0.29) is 12.1 Å². The summed E-state index contributed by atoms with van der Waals surface area (Å²) in [6.45, 7) is 0.950. The number of halogens is 2. The van der Waals surface area contributed by atoms with Gasteiger partial charge in [0, 0.05) is 17.8 Å². The van der Waals surface area contributed by atoms with Crippen LogP contribution in [0.4, 0.5) is 0 Å². The summed E-state index contributed by atoms with van der Waals surface area (Å²) in [5.74, 6) is 0. The molecule has 5 atom stereocenters. The van der Waals surface area contributed by atoms with Crippen LogP contribution < -0.4 is 5.32 Å². The Hall–Kier alpha value is -1.15. The molecule has 128 valence electrons. The van der Waals surface area contributed by atoms with Crippen molar-refractivity contribution in [2.75, 3.05) is 6.61 Å². The van der Waals surface area contributed by atoms with Crippen molar-refractivity contribution in [2.24, 2.45) is 0 Å². The molecule has 1 aromatic carbocycles. The van der Waals surface area contributed by atoms with Gasteiger partial charge in [-0.25, -0.2) is 0 Å². The standard InChI is InChI=1S/C16H17Cl2N3O3/c17-10-6-20-21(7-10)14-15(22)13(12-8-23-16(14)24-12)19-5-9-3-1-2-4-11(9)18/h1-4,6-7,12-16,19,22H,5,8H2. The van der Waals surface area contributed by atoms with Crippen LogP contribution in [-0.4, -0.2) is 46.0 Å². The molecule has 2 saturated heterocycles. The minimum Gasteiger partial charge on any atom is -0.389 e. The second-order valence-corrected chi connectivity index (χ2v) is 6.84. The van der Waals surface area contributed by atoms with Crippen LogP contribution in [0.5, 0.6) is 0 Å². The molecule has 24 heavy (non-hydrogen) atoms. The molecule has 8 heteroatoms. The smallest absolute Gasteiger partial charge is 0.183 e. The number of aliphatic hydroxyl groups excluding tert-OH is 1. The Kier molecular flexibility index (Phi) is 4.51. The molecular weight excluding hydrogens is 353 g/mol. The van der Waals surface area contributed by atoms with Gasteiger partial charge in [-0.15, -0.1) is 0 Å². The molecule has 0 amide bonds. The highest BCUT2D eigenvalue weighted by Gasteiger charge is 2.51. The summed E-state index contributed by atoms with van der Waals surface area (Å²) in [5, 5.41) is 19.6. The predicted octanol–water partition coefficient (Wildman–Crippen LogP) is 2.01. The van der Waals surface area contributed by atoms with Crippen LogP contribution in [0.1, 0.15) is 11.6 Å². The van der Waals surface area contributed by atoms with Crippen molar-refractivity contribution in [2.45, 2.75) is 37.1 Å². The lowest BCUT2D eigenvalue weighted by Crippen LogP contribution is -2.57. The third kappa shape index (κ3) is 2.94. The van der Waals surface area contributed by atoms with Crippen LogP contribution in [-0.2, 0) is 16.0 Å². The maximum Gasteiger partial charge on any atom is 0.183 e. The first kappa shape index (κ1) is 16.3. The normalized spacial score (nSPS) is 32.2. The Morgan fingerprint density at radius 3 is 2.92 bits per heavy atom. The summed E-state index contributed by atoms with van der Waals surface area (Å²) in [4.78, 5) is 0. The average molecular weight is 370 g/mol. The highest BCUT2D eigenvalue weighted by atomic mass is 35.5. The topological polar surface area (TPSA) is 68.5 Å². The molecule has 0 saturated carbocycles. The lowest BCUT2D eigenvalue weighted by molar-refractivity contribution is -0.168. The second-order valence-electron chi connectivity index (χ2n) is 5.99. The van der Waals surface area contributed by atoms with Crippen molar-refractivity contribution < 1.29 is 14.6 Å². The fourth-order valence-corrected chi connectivity index (χ4v) is 3.63. The molecule has 6 nitrogen and oxygen atoms in total. The predicted molar refractivity (Wildman–Crippen MR) is 89.0 cm³/mol. The van der Waals surface area contributed by atoms with Crippen molar-refractivity contribution in [3.63, 3.8) is 0 Å². The zero-order chi connectivity index (χ0) is 16.7. The van der Waals surface area contributed by atoms with Crippen LogP contribution >= 0.6 is 23.2 Å². The Balaban J connectivity index is 1.53. The van der Waals surface area contributed by atoms with E-state index < -0.39 is 18.4 Å². The average Bonchev–Trinajstić information content (AvgIpc) is 3.17. The molecule has 3 heterocycles. The molecule has 2 N–H and O–H groups in total.